The average Bonchev–Trinajstić information content (AvgIpc) is 2.47. The van der Waals surface area contributed by atoms with Gasteiger partial charge in [-0.15, -0.1) is 0 Å². The van der Waals surface area contributed by atoms with Gasteiger partial charge in [0.05, 0.1) is 0 Å². The highest BCUT2D eigenvalue weighted by molar-refractivity contribution is 7.80. The largest absolute Gasteiger partial charge is 0.389 e. The summed E-state index contributed by atoms with van der Waals surface area (Å²) in [7, 11) is 1.76. The highest BCUT2D eigenvalue weighted by Gasteiger charge is 2.18. The lowest BCUT2D eigenvalue weighted by atomic mass is 9.96. The molecule has 2 rings (SSSR count). The summed E-state index contributed by atoms with van der Waals surface area (Å²) < 4.78 is 0. The Labute approximate surface area is 125 Å². The number of carbonyl (C=O) groups is 1. The molecule has 0 spiro atoms. The van der Waals surface area contributed by atoms with Crippen molar-refractivity contribution in [3.8, 4) is 0 Å². The van der Waals surface area contributed by atoms with Crippen LogP contribution in [0.25, 0.3) is 0 Å². The topological polar surface area (TPSA) is 58.4 Å². The molecule has 20 heavy (non-hydrogen) atoms. The molecule has 1 fully saturated rings. The second-order valence-electron chi connectivity index (χ2n) is 5.26. The molecule has 0 aromatic heterocycles. The Morgan fingerprint density at radius 2 is 2.05 bits per heavy atom. The Bertz CT molecular complexity index is 498. The molecule has 108 valence electrons. The summed E-state index contributed by atoms with van der Waals surface area (Å²) in [6, 6.07) is 7.65. The summed E-state index contributed by atoms with van der Waals surface area (Å²) in [5, 5.41) is 3.09. The van der Waals surface area contributed by atoms with Crippen molar-refractivity contribution in [1.29, 1.82) is 0 Å². The van der Waals surface area contributed by atoms with Crippen molar-refractivity contribution in [2.24, 2.45) is 5.73 Å². The maximum absolute atomic E-state index is 12.2. The van der Waals surface area contributed by atoms with Crippen LogP contribution in [-0.2, 0) is 0 Å². The SMILES string of the molecule is CN(C(=O)NC1CCCCC1)c1cccc(C(N)=S)c1. The highest BCUT2D eigenvalue weighted by atomic mass is 32.1. The first-order valence-electron chi connectivity index (χ1n) is 7.02. The zero-order valence-corrected chi connectivity index (χ0v) is 12.6. The van der Waals surface area contributed by atoms with E-state index in [-0.39, 0.29) is 6.03 Å². The number of benzene rings is 1. The number of hydrogen-bond acceptors (Lipinski definition) is 2. The monoisotopic (exact) mass is 291 g/mol. The lowest BCUT2D eigenvalue weighted by molar-refractivity contribution is 0.239. The number of anilines is 1. The van der Waals surface area contributed by atoms with Crippen LogP contribution < -0.4 is 16.0 Å². The number of carbonyl (C=O) groups excluding carboxylic acids is 1. The first-order valence-corrected chi connectivity index (χ1v) is 7.43. The predicted octanol–water partition coefficient (Wildman–Crippen LogP) is 2.80. The predicted molar refractivity (Wildman–Crippen MR) is 86.1 cm³/mol. The number of hydrogen-bond donors (Lipinski definition) is 2. The fourth-order valence-corrected chi connectivity index (χ4v) is 2.63. The van der Waals surface area contributed by atoms with Crippen molar-refractivity contribution in [3.05, 3.63) is 29.8 Å². The lowest BCUT2D eigenvalue weighted by Crippen LogP contribution is -2.44. The summed E-state index contributed by atoms with van der Waals surface area (Å²) in [5.74, 6) is 0. The molecule has 1 aliphatic rings. The average molecular weight is 291 g/mol. The van der Waals surface area contributed by atoms with E-state index in [1.54, 1.807) is 11.9 Å². The molecule has 0 saturated heterocycles. The van der Waals surface area contributed by atoms with E-state index in [9.17, 15) is 4.79 Å². The summed E-state index contributed by atoms with van der Waals surface area (Å²) in [6.07, 6.45) is 5.83. The molecule has 1 saturated carbocycles. The number of nitrogens with zero attached hydrogens (tertiary/aromatic N) is 1. The molecule has 0 unspecified atom stereocenters. The van der Waals surface area contributed by atoms with Crippen molar-refractivity contribution in [3.63, 3.8) is 0 Å². The minimum atomic E-state index is -0.0722. The number of nitrogens with one attached hydrogen (secondary N) is 1. The van der Waals surface area contributed by atoms with E-state index in [1.807, 2.05) is 24.3 Å². The Balaban J connectivity index is 2.02. The van der Waals surface area contributed by atoms with E-state index >= 15 is 0 Å². The van der Waals surface area contributed by atoms with Gasteiger partial charge in [0.2, 0.25) is 0 Å². The van der Waals surface area contributed by atoms with Crippen LogP contribution in [0.3, 0.4) is 0 Å². The van der Waals surface area contributed by atoms with Crippen LogP contribution in [0.4, 0.5) is 10.5 Å². The molecule has 0 atom stereocenters. The van der Waals surface area contributed by atoms with E-state index in [1.165, 1.54) is 19.3 Å². The number of nitrogens with two attached hydrogens (primary N) is 1. The second-order valence-corrected chi connectivity index (χ2v) is 5.70. The first-order chi connectivity index (χ1) is 9.58. The molecule has 2 amide bonds. The van der Waals surface area contributed by atoms with Gasteiger partial charge in [-0.3, -0.25) is 4.90 Å². The normalized spacial score (nSPS) is 15.7. The number of thiocarbonyl (C=S) groups is 1. The maximum Gasteiger partial charge on any atom is 0.321 e. The molecule has 0 heterocycles. The van der Waals surface area contributed by atoms with Gasteiger partial charge >= 0.3 is 6.03 Å². The third-order valence-corrected chi connectivity index (χ3v) is 3.99. The summed E-state index contributed by atoms with van der Waals surface area (Å²) >= 11 is 4.96. The van der Waals surface area contributed by atoms with E-state index in [4.69, 9.17) is 18.0 Å². The molecular formula is C15H21N3OS. The Morgan fingerprint density at radius 3 is 2.70 bits per heavy atom. The van der Waals surface area contributed by atoms with Crippen LogP contribution in [0.5, 0.6) is 0 Å². The van der Waals surface area contributed by atoms with Gasteiger partial charge in [-0.25, -0.2) is 4.79 Å². The second kappa shape index (κ2) is 6.70. The zero-order valence-electron chi connectivity index (χ0n) is 11.8. The highest BCUT2D eigenvalue weighted by Crippen LogP contribution is 2.19. The number of amides is 2. The molecule has 1 aromatic rings. The minimum Gasteiger partial charge on any atom is -0.389 e. The smallest absolute Gasteiger partial charge is 0.321 e. The van der Waals surface area contributed by atoms with Crippen LogP contribution in [-0.4, -0.2) is 24.1 Å². The van der Waals surface area contributed by atoms with Crippen molar-refractivity contribution in [1.82, 2.24) is 5.32 Å². The van der Waals surface area contributed by atoms with Crippen molar-refractivity contribution >= 4 is 28.9 Å². The first kappa shape index (κ1) is 14.8. The fraction of sp³-hybridized carbons (Fsp3) is 0.467. The minimum absolute atomic E-state index is 0.0722. The van der Waals surface area contributed by atoms with Crippen LogP contribution >= 0.6 is 12.2 Å². The van der Waals surface area contributed by atoms with Gasteiger partial charge in [0.1, 0.15) is 4.99 Å². The van der Waals surface area contributed by atoms with Crippen molar-refractivity contribution in [2.75, 3.05) is 11.9 Å². The molecule has 5 heteroatoms. The molecule has 0 aliphatic heterocycles. The van der Waals surface area contributed by atoms with E-state index in [2.05, 4.69) is 5.32 Å². The number of rotatable bonds is 3. The fourth-order valence-electron chi connectivity index (χ4n) is 2.50. The summed E-state index contributed by atoms with van der Waals surface area (Å²) in [5.41, 5.74) is 7.19. The van der Waals surface area contributed by atoms with Gasteiger partial charge in [-0.2, -0.15) is 0 Å². The van der Waals surface area contributed by atoms with Crippen LogP contribution in [0.15, 0.2) is 24.3 Å². The zero-order chi connectivity index (χ0) is 14.5. The quantitative estimate of drug-likeness (QED) is 0.842. The maximum atomic E-state index is 12.2. The van der Waals surface area contributed by atoms with E-state index in [0.717, 1.165) is 24.1 Å². The molecular weight excluding hydrogens is 270 g/mol. The standard InChI is InChI=1S/C15H21N3OS/c1-18(13-9-5-6-11(10-13)14(16)20)15(19)17-12-7-3-2-4-8-12/h5-6,9-10,12H,2-4,7-8H2,1H3,(H2,16,20)(H,17,19). The molecule has 3 N–H and O–H groups in total. The molecule has 1 aliphatic carbocycles. The third kappa shape index (κ3) is 3.70. The summed E-state index contributed by atoms with van der Waals surface area (Å²) in [4.78, 5) is 14.2. The Hall–Kier alpha value is -1.62. The Morgan fingerprint density at radius 1 is 1.35 bits per heavy atom. The van der Waals surface area contributed by atoms with E-state index in [0.29, 0.717) is 11.0 Å². The third-order valence-electron chi connectivity index (χ3n) is 3.76. The van der Waals surface area contributed by atoms with Crippen LogP contribution in [0.2, 0.25) is 0 Å². The molecule has 1 aromatic carbocycles. The van der Waals surface area contributed by atoms with Gasteiger partial charge in [0.25, 0.3) is 0 Å². The lowest BCUT2D eigenvalue weighted by Gasteiger charge is -2.26. The van der Waals surface area contributed by atoms with Crippen LogP contribution in [0, 0.1) is 0 Å². The summed E-state index contributed by atoms with van der Waals surface area (Å²) in [6.45, 7) is 0. The molecule has 0 radical (unpaired) electrons. The van der Waals surface area contributed by atoms with Crippen molar-refractivity contribution < 1.29 is 4.79 Å². The molecule has 0 bridgehead atoms. The van der Waals surface area contributed by atoms with Gasteiger partial charge in [0, 0.05) is 24.3 Å². The van der Waals surface area contributed by atoms with Crippen molar-refractivity contribution in [2.45, 2.75) is 38.1 Å². The molecule has 4 nitrogen and oxygen atoms in total. The van der Waals surface area contributed by atoms with Gasteiger partial charge in [0.15, 0.2) is 0 Å². The van der Waals surface area contributed by atoms with Crippen LogP contribution in [0.1, 0.15) is 37.7 Å². The van der Waals surface area contributed by atoms with Gasteiger partial charge in [-0.05, 0) is 25.0 Å². The van der Waals surface area contributed by atoms with Gasteiger partial charge < -0.3 is 11.1 Å². The Kier molecular flexibility index (Phi) is 4.95. The number of urea groups is 1. The van der Waals surface area contributed by atoms with E-state index < -0.39 is 0 Å². The van der Waals surface area contributed by atoms with Gasteiger partial charge in [-0.1, -0.05) is 43.6 Å².